The third-order valence-electron chi connectivity index (χ3n) is 4.79. The normalized spacial score (nSPS) is 15.4. The second-order valence-electron chi connectivity index (χ2n) is 7.38. The summed E-state index contributed by atoms with van der Waals surface area (Å²) < 4.78 is 11.1. The number of nitriles is 1. The van der Waals surface area contributed by atoms with Crippen molar-refractivity contribution in [2.75, 3.05) is 19.8 Å². The molecule has 28 heavy (non-hydrogen) atoms. The van der Waals surface area contributed by atoms with Crippen molar-refractivity contribution in [1.29, 1.82) is 5.26 Å². The summed E-state index contributed by atoms with van der Waals surface area (Å²) in [5.74, 6) is -0.00155. The minimum atomic E-state index is -0.278. The molecule has 0 radical (unpaired) electrons. The molecule has 146 valence electrons. The molecule has 3 rings (SSSR count). The molecule has 1 aliphatic heterocycles. The Bertz CT molecular complexity index is 834. The quantitative estimate of drug-likeness (QED) is 0.734. The molecule has 0 spiro atoms. The van der Waals surface area contributed by atoms with E-state index < -0.39 is 0 Å². The molecule has 1 amide bonds. The highest BCUT2D eigenvalue weighted by Gasteiger charge is 2.22. The number of nitrogens with zero attached hydrogens (tertiary/aromatic N) is 1. The zero-order valence-electron chi connectivity index (χ0n) is 16.4. The molecule has 0 bridgehead atoms. The Morgan fingerprint density at radius 2 is 1.86 bits per heavy atom. The number of amides is 1. The summed E-state index contributed by atoms with van der Waals surface area (Å²) >= 11 is 0. The third-order valence-corrected chi connectivity index (χ3v) is 4.79. The average Bonchev–Trinajstić information content (AvgIpc) is 3.25. The van der Waals surface area contributed by atoms with Crippen molar-refractivity contribution in [3.63, 3.8) is 0 Å². The minimum Gasteiger partial charge on any atom is -0.346 e. The van der Waals surface area contributed by atoms with Gasteiger partial charge in [0.2, 0.25) is 5.91 Å². The molecule has 1 atom stereocenters. The van der Waals surface area contributed by atoms with Crippen LogP contribution in [0.4, 0.5) is 0 Å². The molecule has 1 N–H and O–H groups in total. The molecule has 1 unspecified atom stereocenters. The molecule has 0 aromatic heterocycles. The minimum absolute atomic E-state index is 0.0277. The van der Waals surface area contributed by atoms with Gasteiger partial charge < -0.3 is 14.8 Å². The van der Waals surface area contributed by atoms with Crippen molar-refractivity contribution in [2.45, 2.75) is 32.5 Å². The van der Waals surface area contributed by atoms with E-state index in [0.717, 1.165) is 28.7 Å². The molecule has 0 saturated carbocycles. The maximum Gasteiger partial charge on any atom is 0.228 e. The van der Waals surface area contributed by atoms with Crippen molar-refractivity contribution in [3.05, 3.63) is 59.7 Å². The second-order valence-corrected chi connectivity index (χ2v) is 7.38. The fourth-order valence-electron chi connectivity index (χ4n) is 3.43. The SMILES string of the molecule is CC(C)CC(C(=O)NCC#N)c1cccc(-c2ccc(C3OCCO3)cc2)c1. The number of ether oxygens (including phenoxy) is 2. The van der Waals surface area contributed by atoms with Crippen molar-refractivity contribution >= 4 is 5.91 Å². The lowest BCUT2D eigenvalue weighted by molar-refractivity contribution is -0.122. The monoisotopic (exact) mass is 378 g/mol. The molecule has 0 aliphatic carbocycles. The fourth-order valence-corrected chi connectivity index (χ4v) is 3.43. The molecule has 1 fully saturated rings. The van der Waals surface area contributed by atoms with Crippen LogP contribution in [-0.4, -0.2) is 25.7 Å². The maximum atomic E-state index is 12.6. The van der Waals surface area contributed by atoms with Crippen LogP contribution in [-0.2, 0) is 14.3 Å². The molecular formula is C23H26N2O3. The highest BCUT2D eigenvalue weighted by atomic mass is 16.7. The topological polar surface area (TPSA) is 71.4 Å². The first-order valence-corrected chi connectivity index (χ1v) is 9.66. The molecule has 1 aliphatic rings. The number of carbonyl (C=O) groups excluding carboxylic acids is 1. The number of rotatable bonds is 7. The first-order valence-electron chi connectivity index (χ1n) is 9.66. The Labute approximate surface area is 166 Å². The molecule has 1 saturated heterocycles. The van der Waals surface area contributed by atoms with Crippen LogP contribution in [0.15, 0.2) is 48.5 Å². The van der Waals surface area contributed by atoms with Crippen LogP contribution in [0.5, 0.6) is 0 Å². The Kier molecular flexibility index (Phi) is 6.80. The van der Waals surface area contributed by atoms with E-state index >= 15 is 0 Å². The highest BCUT2D eigenvalue weighted by molar-refractivity contribution is 5.84. The van der Waals surface area contributed by atoms with Crippen LogP contribution < -0.4 is 5.32 Å². The van der Waals surface area contributed by atoms with Gasteiger partial charge in [0, 0.05) is 5.56 Å². The largest absolute Gasteiger partial charge is 0.346 e. The van der Waals surface area contributed by atoms with E-state index in [9.17, 15) is 4.79 Å². The number of benzene rings is 2. The molecule has 5 nitrogen and oxygen atoms in total. The van der Waals surface area contributed by atoms with E-state index in [4.69, 9.17) is 14.7 Å². The predicted octanol–water partition coefficient (Wildman–Crippen LogP) is 4.17. The lowest BCUT2D eigenvalue weighted by Gasteiger charge is -2.19. The lowest BCUT2D eigenvalue weighted by Crippen LogP contribution is -2.30. The van der Waals surface area contributed by atoms with Gasteiger partial charge in [0.25, 0.3) is 0 Å². The standard InChI is InChI=1S/C23H26N2O3/c1-16(2)14-21(22(26)25-11-10-24)20-5-3-4-19(15-20)17-6-8-18(9-7-17)23-27-12-13-28-23/h3-9,15-16,21,23H,11-14H2,1-2H3,(H,25,26). The van der Waals surface area contributed by atoms with Crippen molar-refractivity contribution in [1.82, 2.24) is 5.32 Å². The Hall–Kier alpha value is -2.68. The molecule has 2 aromatic rings. The Morgan fingerprint density at radius 1 is 1.14 bits per heavy atom. The first kappa shape index (κ1) is 20.1. The average molecular weight is 378 g/mol. The third kappa shape index (κ3) is 4.98. The van der Waals surface area contributed by atoms with Gasteiger partial charge in [0.1, 0.15) is 6.54 Å². The Balaban J connectivity index is 1.83. The van der Waals surface area contributed by atoms with Crippen LogP contribution in [0.2, 0.25) is 0 Å². The first-order chi connectivity index (χ1) is 13.6. The summed E-state index contributed by atoms with van der Waals surface area (Å²) in [5.41, 5.74) is 4.10. The summed E-state index contributed by atoms with van der Waals surface area (Å²) in [6.07, 6.45) is 0.454. The number of hydrogen-bond acceptors (Lipinski definition) is 4. The molecule has 1 heterocycles. The van der Waals surface area contributed by atoms with Gasteiger partial charge >= 0.3 is 0 Å². The van der Waals surface area contributed by atoms with Gasteiger partial charge in [-0.25, -0.2) is 0 Å². The zero-order valence-corrected chi connectivity index (χ0v) is 16.4. The number of carbonyl (C=O) groups is 1. The van der Waals surface area contributed by atoms with Crippen LogP contribution >= 0.6 is 0 Å². The van der Waals surface area contributed by atoms with E-state index in [-0.39, 0.29) is 24.7 Å². The number of hydrogen-bond donors (Lipinski definition) is 1. The van der Waals surface area contributed by atoms with Gasteiger partial charge in [-0.3, -0.25) is 4.79 Å². The summed E-state index contributed by atoms with van der Waals surface area (Å²) in [6, 6.07) is 18.2. The van der Waals surface area contributed by atoms with Gasteiger partial charge in [-0.05, 0) is 29.0 Å². The molecular weight excluding hydrogens is 352 g/mol. The van der Waals surface area contributed by atoms with Crippen molar-refractivity contribution < 1.29 is 14.3 Å². The van der Waals surface area contributed by atoms with Crippen LogP contribution in [0, 0.1) is 17.2 Å². The lowest BCUT2D eigenvalue weighted by atomic mass is 9.88. The molecule has 5 heteroatoms. The smallest absolute Gasteiger partial charge is 0.228 e. The summed E-state index contributed by atoms with van der Waals surface area (Å²) in [5, 5.41) is 11.5. The fraction of sp³-hybridized carbons (Fsp3) is 0.391. The van der Waals surface area contributed by atoms with Gasteiger partial charge in [0.15, 0.2) is 6.29 Å². The van der Waals surface area contributed by atoms with Crippen molar-refractivity contribution in [2.24, 2.45) is 5.92 Å². The summed E-state index contributed by atoms with van der Waals surface area (Å²) in [6.45, 7) is 5.47. The van der Waals surface area contributed by atoms with Crippen molar-refractivity contribution in [3.8, 4) is 17.2 Å². The van der Waals surface area contributed by atoms with E-state index in [1.807, 2.05) is 48.5 Å². The number of nitrogens with one attached hydrogen (secondary N) is 1. The van der Waals surface area contributed by atoms with E-state index in [0.29, 0.717) is 19.1 Å². The van der Waals surface area contributed by atoms with Crippen LogP contribution in [0.1, 0.15) is 43.6 Å². The summed E-state index contributed by atoms with van der Waals surface area (Å²) in [7, 11) is 0. The maximum absolute atomic E-state index is 12.6. The van der Waals surface area contributed by atoms with E-state index in [1.165, 1.54) is 0 Å². The van der Waals surface area contributed by atoms with Crippen LogP contribution in [0.3, 0.4) is 0 Å². The predicted molar refractivity (Wildman–Crippen MR) is 107 cm³/mol. The molecule has 2 aromatic carbocycles. The van der Waals surface area contributed by atoms with E-state index in [2.05, 4.69) is 25.2 Å². The van der Waals surface area contributed by atoms with Gasteiger partial charge in [-0.1, -0.05) is 62.4 Å². The second kappa shape index (κ2) is 9.50. The van der Waals surface area contributed by atoms with Gasteiger partial charge in [-0.15, -0.1) is 0 Å². The van der Waals surface area contributed by atoms with E-state index in [1.54, 1.807) is 0 Å². The zero-order chi connectivity index (χ0) is 19.9. The van der Waals surface area contributed by atoms with Gasteiger partial charge in [0.05, 0.1) is 25.2 Å². The van der Waals surface area contributed by atoms with Gasteiger partial charge in [-0.2, -0.15) is 5.26 Å². The Morgan fingerprint density at radius 3 is 2.50 bits per heavy atom. The van der Waals surface area contributed by atoms with Crippen LogP contribution in [0.25, 0.3) is 11.1 Å². The summed E-state index contributed by atoms with van der Waals surface area (Å²) in [4.78, 5) is 12.6. The highest BCUT2D eigenvalue weighted by Crippen LogP contribution is 2.30.